The average molecular weight is 435 g/mol. The molecule has 0 N–H and O–H groups in total. The van der Waals surface area contributed by atoms with Crippen molar-refractivity contribution in [2.45, 2.75) is 103 Å². The topological polar surface area (TPSA) is 26.3 Å². The van der Waals surface area contributed by atoms with Crippen LogP contribution in [0.25, 0.3) is 0 Å². The highest BCUT2D eigenvalue weighted by atomic mass is 16.5. The number of hydrogen-bond acceptors (Lipinski definition) is 2. The van der Waals surface area contributed by atoms with Crippen molar-refractivity contribution in [3.63, 3.8) is 0 Å². The Hall–Kier alpha value is -2.01. The Labute approximate surface area is 196 Å². The molecule has 0 atom stereocenters. The second-order valence-corrected chi connectivity index (χ2v) is 9.85. The molecule has 0 saturated heterocycles. The lowest BCUT2D eigenvalue weighted by Crippen LogP contribution is -2.24. The van der Waals surface area contributed by atoms with Gasteiger partial charge >= 0.3 is 5.97 Å². The van der Waals surface area contributed by atoms with Gasteiger partial charge in [0, 0.05) is 5.92 Å². The van der Waals surface area contributed by atoms with Gasteiger partial charge in [-0.1, -0.05) is 69.6 Å². The predicted octanol–water partition coefficient (Wildman–Crippen LogP) is 7.91. The van der Waals surface area contributed by atoms with Crippen molar-refractivity contribution in [1.82, 2.24) is 0 Å². The predicted molar refractivity (Wildman–Crippen MR) is 133 cm³/mol. The Bertz CT molecular complexity index is 763. The molecule has 2 nitrogen and oxygen atoms in total. The van der Waals surface area contributed by atoms with Gasteiger partial charge in [-0.25, -0.2) is 4.79 Å². The average Bonchev–Trinajstić information content (AvgIpc) is 2.84. The highest BCUT2D eigenvalue weighted by Gasteiger charge is 2.23. The first kappa shape index (κ1) is 24.6. The molecular weight excluding hydrogens is 392 g/mol. The first-order valence-corrected chi connectivity index (χ1v) is 13.2. The Morgan fingerprint density at radius 2 is 1.69 bits per heavy atom. The van der Waals surface area contributed by atoms with Crippen LogP contribution in [0, 0.1) is 29.6 Å². The molecule has 0 spiro atoms. The van der Waals surface area contributed by atoms with E-state index in [4.69, 9.17) is 4.74 Å². The number of ether oxygens (including phenoxy) is 1. The summed E-state index contributed by atoms with van der Waals surface area (Å²) in [6.07, 6.45) is 20.4. The van der Waals surface area contributed by atoms with Crippen molar-refractivity contribution in [2.24, 2.45) is 17.8 Å². The van der Waals surface area contributed by atoms with Crippen molar-refractivity contribution in [3.8, 4) is 11.8 Å². The Morgan fingerprint density at radius 1 is 0.969 bits per heavy atom. The number of benzene rings is 1. The highest BCUT2D eigenvalue weighted by molar-refractivity contribution is 5.89. The third-order valence-corrected chi connectivity index (χ3v) is 7.39. The molecule has 2 fully saturated rings. The van der Waals surface area contributed by atoms with Crippen molar-refractivity contribution in [2.75, 3.05) is 0 Å². The van der Waals surface area contributed by atoms with E-state index in [2.05, 4.69) is 37.8 Å². The molecule has 174 valence electrons. The van der Waals surface area contributed by atoms with Crippen LogP contribution in [0.2, 0.25) is 0 Å². The number of carbonyl (C=O) groups excluding carboxylic acids is 1. The van der Waals surface area contributed by atoms with Gasteiger partial charge in [0.25, 0.3) is 0 Å². The van der Waals surface area contributed by atoms with Gasteiger partial charge in [-0.05, 0) is 93.4 Å². The molecule has 2 heteroatoms. The lowest BCUT2D eigenvalue weighted by Gasteiger charge is -2.26. The van der Waals surface area contributed by atoms with Crippen LogP contribution in [0.4, 0.5) is 0 Å². The molecular formula is C30H42O2. The Kier molecular flexibility index (Phi) is 10.4. The number of unbranched alkanes of at least 4 members (excludes halogenated alkanes) is 2. The normalized spacial score (nSPS) is 25.8. The Balaban J connectivity index is 1.33. The molecule has 0 aliphatic heterocycles. The van der Waals surface area contributed by atoms with Crippen molar-refractivity contribution in [3.05, 3.63) is 47.5 Å². The number of esters is 1. The molecule has 0 radical (unpaired) electrons. The van der Waals surface area contributed by atoms with Gasteiger partial charge in [-0.3, -0.25) is 0 Å². The van der Waals surface area contributed by atoms with Gasteiger partial charge in [-0.15, -0.1) is 0 Å². The second-order valence-electron chi connectivity index (χ2n) is 9.85. The van der Waals surface area contributed by atoms with Crippen LogP contribution in [0.5, 0.6) is 0 Å². The molecule has 0 unspecified atom stereocenters. The van der Waals surface area contributed by atoms with Gasteiger partial charge in [0.05, 0.1) is 5.56 Å². The Morgan fingerprint density at radius 3 is 2.34 bits per heavy atom. The highest BCUT2D eigenvalue weighted by Crippen LogP contribution is 2.32. The lowest BCUT2D eigenvalue weighted by atomic mass is 9.79. The number of rotatable bonds is 8. The largest absolute Gasteiger partial charge is 0.459 e. The fraction of sp³-hybridized carbons (Fsp3) is 0.633. The fourth-order valence-electron chi connectivity index (χ4n) is 5.12. The van der Waals surface area contributed by atoms with Crippen molar-refractivity contribution >= 4 is 5.97 Å². The molecule has 0 aromatic heterocycles. The summed E-state index contributed by atoms with van der Waals surface area (Å²) in [7, 11) is 0. The van der Waals surface area contributed by atoms with E-state index in [1.807, 2.05) is 24.3 Å². The molecule has 32 heavy (non-hydrogen) atoms. The van der Waals surface area contributed by atoms with Gasteiger partial charge in [0.15, 0.2) is 0 Å². The molecule has 3 rings (SSSR count). The van der Waals surface area contributed by atoms with Crippen LogP contribution in [0.15, 0.2) is 36.4 Å². The van der Waals surface area contributed by atoms with Gasteiger partial charge in [0.2, 0.25) is 0 Å². The summed E-state index contributed by atoms with van der Waals surface area (Å²) in [5, 5.41) is 0. The van der Waals surface area contributed by atoms with Crippen LogP contribution in [-0.4, -0.2) is 12.1 Å². The number of aryl methyl sites for hydroxylation is 1. The quantitative estimate of drug-likeness (QED) is 0.236. The van der Waals surface area contributed by atoms with E-state index in [9.17, 15) is 4.79 Å². The van der Waals surface area contributed by atoms with E-state index in [0.29, 0.717) is 11.5 Å². The molecule has 1 aromatic carbocycles. The zero-order valence-corrected chi connectivity index (χ0v) is 20.3. The summed E-state index contributed by atoms with van der Waals surface area (Å²) in [6.45, 7) is 4.40. The molecule has 0 bridgehead atoms. The smallest absolute Gasteiger partial charge is 0.338 e. The minimum Gasteiger partial charge on any atom is -0.459 e. The summed E-state index contributed by atoms with van der Waals surface area (Å²) in [4.78, 5) is 12.4. The number of allylic oxidation sites excluding steroid dienone is 2. The summed E-state index contributed by atoms with van der Waals surface area (Å²) in [5.41, 5.74) is 1.90. The maximum Gasteiger partial charge on any atom is 0.338 e. The molecule has 0 amide bonds. The summed E-state index contributed by atoms with van der Waals surface area (Å²) in [6, 6.07) is 7.78. The van der Waals surface area contributed by atoms with Crippen LogP contribution in [-0.2, 0) is 11.2 Å². The lowest BCUT2D eigenvalue weighted by molar-refractivity contribution is 0.0188. The molecule has 0 heterocycles. The standard InChI is InChI=1S/C30H42O2/c1-3-5-6-9-25-12-14-26(15-13-25)10-7-8-11-27-18-22-29(23-19-27)32-30(31)28-20-16-24(4-2)17-21-28/h7,10,16-17,20-21,25-27,29H,3-6,9,12-15,18-19,22-23H2,1-2H3/b10-7+/t25-,26-,27-,29-. The van der Waals surface area contributed by atoms with E-state index in [1.54, 1.807) is 0 Å². The summed E-state index contributed by atoms with van der Waals surface area (Å²) >= 11 is 0. The maximum atomic E-state index is 12.4. The van der Waals surface area contributed by atoms with E-state index in [0.717, 1.165) is 43.9 Å². The van der Waals surface area contributed by atoms with Crippen LogP contribution in [0.3, 0.4) is 0 Å². The van der Waals surface area contributed by atoms with E-state index in [1.165, 1.54) is 56.9 Å². The third kappa shape index (κ3) is 8.16. The van der Waals surface area contributed by atoms with Gasteiger partial charge < -0.3 is 4.74 Å². The van der Waals surface area contributed by atoms with Crippen LogP contribution < -0.4 is 0 Å². The molecule has 2 aliphatic rings. The summed E-state index contributed by atoms with van der Waals surface area (Å²) in [5.74, 6) is 8.70. The van der Waals surface area contributed by atoms with E-state index >= 15 is 0 Å². The minimum atomic E-state index is -0.190. The van der Waals surface area contributed by atoms with Gasteiger partial charge in [-0.2, -0.15) is 0 Å². The van der Waals surface area contributed by atoms with Crippen LogP contribution in [0.1, 0.15) is 107 Å². The maximum absolute atomic E-state index is 12.4. The summed E-state index contributed by atoms with van der Waals surface area (Å²) < 4.78 is 5.74. The fourth-order valence-corrected chi connectivity index (χ4v) is 5.12. The first-order valence-electron chi connectivity index (χ1n) is 13.2. The molecule has 1 aromatic rings. The monoisotopic (exact) mass is 434 g/mol. The van der Waals surface area contributed by atoms with Crippen molar-refractivity contribution in [1.29, 1.82) is 0 Å². The zero-order chi connectivity index (χ0) is 22.6. The SMILES string of the molecule is CCCCC[C@H]1CC[C@H](/C=C/C#C[C@H]2CC[C@H](OC(=O)c3ccc(CC)cc3)CC2)CC1. The molecule has 2 saturated carbocycles. The number of hydrogen-bond donors (Lipinski definition) is 0. The first-order chi connectivity index (χ1) is 15.7. The minimum absolute atomic E-state index is 0.0365. The molecule has 2 aliphatic carbocycles. The number of carbonyl (C=O) groups is 1. The van der Waals surface area contributed by atoms with Gasteiger partial charge in [0.1, 0.15) is 6.10 Å². The van der Waals surface area contributed by atoms with Crippen molar-refractivity contribution < 1.29 is 9.53 Å². The van der Waals surface area contributed by atoms with E-state index < -0.39 is 0 Å². The van der Waals surface area contributed by atoms with Crippen LogP contribution >= 0.6 is 0 Å². The zero-order valence-electron chi connectivity index (χ0n) is 20.3. The third-order valence-electron chi connectivity index (χ3n) is 7.39. The van der Waals surface area contributed by atoms with E-state index in [-0.39, 0.29) is 12.1 Å². The second kappa shape index (κ2) is 13.5.